The van der Waals surface area contributed by atoms with Gasteiger partial charge in [-0.1, -0.05) is 13.8 Å². The van der Waals surface area contributed by atoms with Crippen molar-refractivity contribution >= 4 is 11.0 Å². The second kappa shape index (κ2) is 6.77. The van der Waals surface area contributed by atoms with Crippen molar-refractivity contribution in [3.63, 3.8) is 0 Å². The number of aromatic nitrogens is 3. The van der Waals surface area contributed by atoms with Crippen LogP contribution >= 0.6 is 0 Å². The molecule has 0 aromatic carbocycles. The van der Waals surface area contributed by atoms with Crippen molar-refractivity contribution < 1.29 is 0 Å². The Morgan fingerprint density at radius 3 is 2.25 bits per heavy atom. The first-order valence-corrected chi connectivity index (χ1v) is 5.45. The molecular weight excluding hydrogens is 198 g/mol. The minimum absolute atomic E-state index is 0.839. The molecule has 3 heteroatoms. The van der Waals surface area contributed by atoms with E-state index >= 15 is 0 Å². The first-order valence-electron chi connectivity index (χ1n) is 5.45. The van der Waals surface area contributed by atoms with Gasteiger partial charge in [0.2, 0.25) is 0 Å². The summed E-state index contributed by atoms with van der Waals surface area (Å²) in [4.78, 5) is 8.63. The molecule has 2 heterocycles. The number of hydrogen-bond donors (Lipinski definition) is 0. The summed E-state index contributed by atoms with van der Waals surface area (Å²) >= 11 is 0. The highest BCUT2D eigenvalue weighted by Crippen LogP contribution is 2.14. The van der Waals surface area contributed by atoms with E-state index < -0.39 is 0 Å². The summed E-state index contributed by atoms with van der Waals surface area (Å²) in [5.74, 6) is 0.839. The molecule has 3 nitrogen and oxygen atoms in total. The summed E-state index contributed by atoms with van der Waals surface area (Å²) in [6.45, 7) is 13.9. The average molecular weight is 219 g/mol. The predicted octanol–water partition coefficient (Wildman–Crippen LogP) is 3.41. The number of nitrogens with zero attached hydrogens (tertiary/aromatic N) is 3. The minimum atomic E-state index is 0.839. The molecule has 0 saturated carbocycles. The van der Waals surface area contributed by atoms with Gasteiger partial charge in [0.25, 0.3) is 0 Å². The molecule has 0 aliphatic rings. The van der Waals surface area contributed by atoms with Crippen LogP contribution < -0.4 is 0 Å². The first-order chi connectivity index (χ1) is 7.68. The second-order valence-electron chi connectivity index (χ2n) is 3.02. The number of hydrogen-bond acceptors (Lipinski definition) is 2. The van der Waals surface area contributed by atoms with Gasteiger partial charge in [0, 0.05) is 13.2 Å². The normalized spacial score (nSPS) is 8.81. The molecule has 0 atom stereocenters. The van der Waals surface area contributed by atoms with Gasteiger partial charge in [-0.05, 0) is 19.9 Å². The lowest BCUT2D eigenvalue weighted by Crippen LogP contribution is -1.95. The molecule has 0 amide bonds. The summed E-state index contributed by atoms with van der Waals surface area (Å²) in [5, 5.41) is 0. The van der Waals surface area contributed by atoms with E-state index in [1.165, 1.54) is 0 Å². The van der Waals surface area contributed by atoms with E-state index in [0.717, 1.165) is 22.6 Å². The lowest BCUT2D eigenvalue weighted by molar-refractivity contribution is 0.943. The van der Waals surface area contributed by atoms with Crippen molar-refractivity contribution in [2.24, 2.45) is 7.05 Å². The van der Waals surface area contributed by atoms with Gasteiger partial charge in [-0.25, -0.2) is 9.97 Å². The monoisotopic (exact) mass is 219 g/mol. The predicted molar refractivity (Wildman–Crippen MR) is 70.6 cm³/mol. The average Bonchev–Trinajstić information content (AvgIpc) is 2.66. The highest BCUT2D eigenvalue weighted by atomic mass is 15.0. The quantitative estimate of drug-likeness (QED) is 0.636. The largest absolute Gasteiger partial charge is 0.348 e. The Hall–Kier alpha value is -1.64. The lowest BCUT2D eigenvalue weighted by Gasteiger charge is -2.00. The minimum Gasteiger partial charge on any atom is -0.348 e. The van der Waals surface area contributed by atoms with E-state index in [0.29, 0.717) is 0 Å². The fourth-order valence-corrected chi connectivity index (χ4v) is 1.54. The molecule has 2 aromatic rings. The summed E-state index contributed by atoms with van der Waals surface area (Å²) in [6.07, 6.45) is 2.01. The molecule has 0 aliphatic carbocycles. The van der Waals surface area contributed by atoms with Crippen LogP contribution in [-0.4, -0.2) is 14.5 Å². The molecule has 0 aliphatic heterocycles. The Morgan fingerprint density at radius 2 is 1.69 bits per heavy atom. The molecule has 0 radical (unpaired) electrons. The van der Waals surface area contributed by atoms with Gasteiger partial charge in [0.05, 0.1) is 16.7 Å². The van der Waals surface area contributed by atoms with E-state index in [4.69, 9.17) is 0 Å². The van der Waals surface area contributed by atoms with Crippen LogP contribution in [0.4, 0.5) is 0 Å². The van der Waals surface area contributed by atoms with E-state index in [1.54, 1.807) is 0 Å². The van der Waals surface area contributed by atoms with Gasteiger partial charge in [0.15, 0.2) is 0 Å². The molecule has 0 bridgehead atoms. The van der Waals surface area contributed by atoms with Crippen molar-refractivity contribution in [1.82, 2.24) is 14.5 Å². The Bertz CT molecular complexity index is 444. The van der Waals surface area contributed by atoms with Crippen LogP contribution in [0, 0.1) is 13.8 Å². The lowest BCUT2D eigenvalue weighted by atomic mass is 10.3. The van der Waals surface area contributed by atoms with Gasteiger partial charge in [-0.15, -0.1) is 13.2 Å². The van der Waals surface area contributed by atoms with E-state index in [9.17, 15) is 0 Å². The summed E-state index contributed by atoms with van der Waals surface area (Å²) in [6, 6.07) is 2.01. The molecule has 0 fully saturated rings. The zero-order chi connectivity index (χ0) is 12.7. The molecular formula is C13H21N3. The van der Waals surface area contributed by atoms with Crippen molar-refractivity contribution in [2.45, 2.75) is 27.7 Å². The van der Waals surface area contributed by atoms with Crippen molar-refractivity contribution in [2.75, 3.05) is 0 Å². The third-order valence-electron chi connectivity index (χ3n) is 2.01. The first kappa shape index (κ1) is 14.4. The summed E-state index contributed by atoms with van der Waals surface area (Å²) in [7, 11) is 2.01. The molecule has 88 valence electrons. The van der Waals surface area contributed by atoms with E-state index in [2.05, 4.69) is 23.1 Å². The molecule has 0 unspecified atom stereocenters. The van der Waals surface area contributed by atoms with Crippen molar-refractivity contribution in [3.8, 4) is 0 Å². The van der Waals surface area contributed by atoms with Crippen LogP contribution in [0.5, 0.6) is 0 Å². The molecule has 0 spiro atoms. The Labute approximate surface area is 97.8 Å². The maximum Gasteiger partial charge on any atom is 0.126 e. The third-order valence-corrected chi connectivity index (χ3v) is 2.01. The van der Waals surface area contributed by atoms with Crippen LogP contribution in [-0.2, 0) is 7.05 Å². The molecule has 2 aromatic heterocycles. The van der Waals surface area contributed by atoms with Crippen LogP contribution in [0.2, 0.25) is 0 Å². The second-order valence-corrected chi connectivity index (χ2v) is 3.02. The van der Waals surface area contributed by atoms with Gasteiger partial charge < -0.3 is 4.57 Å². The summed E-state index contributed by atoms with van der Waals surface area (Å²) < 4.78 is 2.05. The number of rotatable bonds is 0. The van der Waals surface area contributed by atoms with Gasteiger partial charge in [-0.2, -0.15) is 0 Å². The topological polar surface area (TPSA) is 30.7 Å². The van der Waals surface area contributed by atoms with Gasteiger partial charge in [0.1, 0.15) is 5.82 Å². The van der Waals surface area contributed by atoms with Crippen LogP contribution in [0.25, 0.3) is 11.0 Å². The van der Waals surface area contributed by atoms with Crippen molar-refractivity contribution in [1.29, 1.82) is 0 Å². The third kappa shape index (κ3) is 2.92. The highest BCUT2D eigenvalue weighted by molar-refractivity contribution is 5.77. The fourth-order valence-electron chi connectivity index (χ4n) is 1.54. The molecule has 0 saturated heterocycles. The van der Waals surface area contributed by atoms with Gasteiger partial charge in [-0.3, -0.25) is 0 Å². The highest BCUT2D eigenvalue weighted by Gasteiger charge is 2.03. The fraction of sp³-hybridized carbons (Fsp3) is 0.385. The zero-order valence-electron chi connectivity index (χ0n) is 10.9. The number of aryl methyl sites for hydroxylation is 3. The Balaban J connectivity index is 0.000000509. The van der Waals surface area contributed by atoms with E-state index in [1.807, 2.05) is 51.6 Å². The zero-order valence-corrected chi connectivity index (χ0v) is 10.9. The SMILES string of the molecule is C=C.CC.Cc1nc(C)c2c(ccn2C)n1. The Kier molecular flexibility index (Phi) is 6.08. The maximum atomic E-state index is 4.33. The molecule has 16 heavy (non-hydrogen) atoms. The maximum absolute atomic E-state index is 4.33. The van der Waals surface area contributed by atoms with E-state index in [-0.39, 0.29) is 0 Å². The van der Waals surface area contributed by atoms with Crippen molar-refractivity contribution in [3.05, 3.63) is 36.9 Å². The smallest absolute Gasteiger partial charge is 0.126 e. The molecule has 0 N–H and O–H groups in total. The standard InChI is InChI=1S/C9H11N3.C2H6.C2H4/c1-6-9-8(4-5-12(9)3)11-7(2)10-6;2*1-2/h4-5H,1-3H3;1-2H3;1-2H2. The van der Waals surface area contributed by atoms with Crippen LogP contribution in [0.1, 0.15) is 25.4 Å². The van der Waals surface area contributed by atoms with Crippen LogP contribution in [0.3, 0.4) is 0 Å². The molecule has 2 rings (SSSR count). The van der Waals surface area contributed by atoms with Crippen LogP contribution in [0.15, 0.2) is 25.4 Å². The Morgan fingerprint density at radius 1 is 1.12 bits per heavy atom. The number of fused-ring (bicyclic) bond motifs is 1. The van der Waals surface area contributed by atoms with Gasteiger partial charge >= 0.3 is 0 Å². The summed E-state index contributed by atoms with van der Waals surface area (Å²) in [5.41, 5.74) is 3.20.